The van der Waals surface area contributed by atoms with E-state index in [0.717, 1.165) is 45.3 Å². The van der Waals surface area contributed by atoms with Gasteiger partial charge in [0.15, 0.2) is 0 Å². The maximum atomic E-state index is 13.1. The topological polar surface area (TPSA) is 67.6 Å². The summed E-state index contributed by atoms with van der Waals surface area (Å²) in [4.78, 5) is 15.6. The van der Waals surface area contributed by atoms with E-state index in [9.17, 15) is 4.79 Å². The average Bonchev–Trinajstić information content (AvgIpc) is 2.65. The molecule has 0 aromatic heterocycles. The van der Waals surface area contributed by atoms with E-state index in [1.807, 2.05) is 0 Å². The summed E-state index contributed by atoms with van der Waals surface area (Å²) in [6.45, 7) is 3.20. The Kier molecular flexibility index (Phi) is 6.30. The van der Waals surface area contributed by atoms with Crippen molar-refractivity contribution in [1.82, 2.24) is 10.2 Å². The van der Waals surface area contributed by atoms with Crippen LogP contribution in [0, 0.1) is 0 Å². The van der Waals surface area contributed by atoms with Gasteiger partial charge < -0.3 is 20.7 Å². The molecule has 1 aliphatic carbocycles. The predicted molar refractivity (Wildman–Crippen MR) is 106 cm³/mol. The second kappa shape index (κ2) is 8.49. The van der Waals surface area contributed by atoms with Crippen LogP contribution in [0.1, 0.15) is 61.7 Å². The van der Waals surface area contributed by atoms with Crippen LogP contribution in [-0.2, 0) is 0 Å². The maximum Gasteiger partial charge on any atom is 0.255 e. The molecule has 1 aliphatic heterocycles. The smallest absolute Gasteiger partial charge is 0.255 e. The number of halogens is 1. The van der Waals surface area contributed by atoms with Crippen LogP contribution in [0.25, 0.3) is 0 Å². The number of piperidine rings is 1. The molecule has 1 heterocycles. The van der Waals surface area contributed by atoms with Crippen LogP contribution in [0.5, 0.6) is 5.75 Å². The lowest BCUT2D eigenvalue weighted by atomic mass is 9.80. The molecule has 5 nitrogen and oxygen atoms in total. The summed E-state index contributed by atoms with van der Waals surface area (Å²) in [5.74, 6) is 0.344. The van der Waals surface area contributed by atoms with Crippen molar-refractivity contribution in [2.24, 2.45) is 0 Å². The fraction of sp³-hybridized carbons (Fsp3) is 0.650. The van der Waals surface area contributed by atoms with Gasteiger partial charge >= 0.3 is 0 Å². The van der Waals surface area contributed by atoms with Crippen LogP contribution < -0.4 is 15.8 Å². The molecular formula is C20H30ClN3O2. The van der Waals surface area contributed by atoms with Gasteiger partial charge in [-0.25, -0.2) is 0 Å². The van der Waals surface area contributed by atoms with Crippen LogP contribution in [0.2, 0.25) is 5.02 Å². The van der Waals surface area contributed by atoms with Gasteiger partial charge in [-0.2, -0.15) is 0 Å². The molecule has 2 aliphatic rings. The van der Waals surface area contributed by atoms with Gasteiger partial charge in [-0.1, -0.05) is 37.3 Å². The molecule has 1 amide bonds. The van der Waals surface area contributed by atoms with Gasteiger partial charge in [0.2, 0.25) is 0 Å². The highest BCUT2D eigenvalue weighted by Gasteiger charge is 2.36. The molecule has 1 aromatic rings. The van der Waals surface area contributed by atoms with Gasteiger partial charge in [-0.15, -0.1) is 0 Å². The van der Waals surface area contributed by atoms with E-state index >= 15 is 0 Å². The number of benzene rings is 1. The number of likely N-dealkylation sites (tertiary alicyclic amines) is 1. The Morgan fingerprint density at radius 3 is 2.50 bits per heavy atom. The normalized spacial score (nSPS) is 20.5. The number of nitrogens with one attached hydrogen (secondary N) is 1. The summed E-state index contributed by atoms with van der Waals surface area (Å²) in [5, 5.41) is 3.74. The number of carbonyl (C=O) groups is 1. The minimum absolute atomic E-state index is 0.123. The minimum Gasteiger partial charge on any atom is -0.496 e. The van der Waals surface area contributed by atoms with Crippen LogP contribution in [0.15, 0.2) is 12.1 Å². The molecule has 0 spiro atoms. The lowest BCUT2D eigenvalue weighted by Crippen LogP contribution is -2.57. The zero-order chi connectivity index (χ0) is 18.6. The van der Waals surface area contributed by atoms with Crippen molar-refractivity contribution >= 4 is 23.2 Å². The highest BCUT2D eigenvalue weighted by Crippen LogP contribution is 2.33. The minimum atomic E-state index is -0.161. The predicted octanol–water partition coefficient (Wildman–Crippen LogP) is 3.85. The fourth-order valence-corrected chi connectivity index (χ4v) is 4.48. The van der Waals surface area contributed by atoms with Crippen molar-refractivity contribution in [2.75, 3.05) is 32.5 Å². The van der Waals surface area contributed by atoms with E-state index in [0.29, 0.717) is 22.0 Å². The fourth-order valence-electron chi connectivity index (χ4n) is 4.32. The first-order chi connectivity index (χ1) is 12.5. The van der Waals surface area contributed by atoms with Crippen LogP contribution in [0.3, 0.4) is 0 Å². The Labute approximate surface area is 161 Å². The molecule has 6 heteroatoms. The maximum absolute atomic E-state index is 13.1. The molecule has 1 saturated heterocycles. The summed E-state index contributed by atoms with van der Waals surface area (Å²) < 4.78 is 5.36. The Balaban J connectivity index is 1.80. The van der Waals surface area contributed by atoms with E-state index in [-0.39, 0.29) is 11.4 Å². The highest BCUT2D eigenvalue weighted by molar-refractivity contribution is 6.33. The number of methoxy groups -OCH3 is 1. The van der Waals surface area contributed by atoms with Crippen LogP contribution in [0.4, 0.5) is 5.69 Å². The number of nitrogen functional groups attached to an aromatic ring is 1. The molecule has 1 saturated carbocycles. The molecule has 0 unspecified atom stereocenters. The second-order valence-electron chi connectivity index (χ2n) is 7.71. The zero-order valence-corrected chi connectivity index (χ0v) is 16.4. The number of anilines is 1. The molecule has 144 valence electrons. The summed E-state index contributed by atoms with van der Waals surface area (Å²) in [5.41, 5.74) is 6.56. The Morgan fingerprint density at radius 1 is 1.19 bits per heavy atom. The number of nitrogens with two attached hydrogens (primary N) is 1. The third-order valence-electron chi connectivity index (χ3n) is 5.73. The van der Waals surface area contributed by atoms with E-state index in [2.05, 4.69) is 10.2 Å². The summed E-state index contributed by atoms with van der Waals surface area (Å²) >= 11 is 6.15. The average molecular weight is 380 g/mol. The third-order valence-corrected chi connectivity index (χ3v) is 6.06. The SMILES string of the molecule is COc1cc(N)c(Cl)cc1C(=O)NC1(CN2CCCCC2)CCCCC1. The molecular weight excluding hydrogens is 350 g/mol. The molecule has 2 fully saturated rings. The molecule has 3 rings (SSSR count). The molecule has 0 atom stereocenters. The summed E-state index contributed by atoms with van der Waals surface area (Å²) in [6, 6.07) is 3.23. The lowest BCUT2D eigenvalue weighted by molar-refractivity contribution is 0.0780. The number of hydrogen-bond donors (Lipinski definition) is 2. The van der Waals surface area contributed by atoms with E-state index < -0.39 is 0 Å². The quantitative estimate of drug-likeness (QED) is 0.762. The summed E-state index contributed by atoms with van der Waals surface area (Å²) in [7, 11) is 1.55. The van der Waals surface area contributed by atoms with Crippen molar-refractivity contribution in [3.63, 3.8) is 0 Å². The number of hydrogen-bond acceptors (Lipinski definition) is 4. The Morgan fingerprint density at radius 2 is 1.85 bits per heavy atom. The number of carbonyl (C=O) groups excluding carboxylic acids is 1. The first kappa shape index (κ1) is 19.3. The Bertz CT molecular complexity index is 638. The second-order valence-corrected chi connectivity index (χ2v) is 8.11. The first-order valence-corrected chi connectivity index (χ1v) is 10.1. The van der Waals surface area contributed by atoms with Gasteiger partial charge in [0.25, 0.3) is 5.91 Å². The number of ether oxygens (including phenoxy) is 1. The largest absolute Gasteiger partial charge is 0.496 e. The monoisotopic (exact) mass is 379 g/mol. The van der Waals surface area contributed by atoms with E-state index in [1.165, 1.54) is 25.7 Å². The van der Waals surface area contributed by atoms with E-state index in [1.54, 1.807) is 19.2 Å². The summed E-state index contributed by atoms with van der Waals surface area (Å²) in [6.07, 6.45) is 9.45. The number of rotatable bonds is 5. The Hall–Kier alpha value is -1.46. The van der Waals surface area contributed by atoms with Gasteiger partial charge in [0.1, 0.15) is 5.75 Å². The molecule has 0 radical (unpaired) electrons. The van der Waals surface area contributed by atoms with Crippen LogP contribution in [-0.4, -0.2) is 43.1 Å². The van der Waals surface area contributed by atoms with Crippen LogP contribution >= 0.6 is 11.6 Å². The first-order valence-electron chi connectivity index (χ1n) is 9.71. The molecule has 26 heavy (non-hydrogen) atoms. The molecule has 0 bridgehead atoms. The number of nitrogens with zero attached hydrogens (tertiary/aromatic N) is 1. The van der Waals surface area contributed by atoms with E-state index in [4.69, 9.17) is 22.1 Å². The standard InChI is InChI=1S/C20H30ClN3O2/c1-26-18-13-17(22)16(21)12-15(18)19(25)23-20(8-4-2-5-9-20)14-24-10-6-3-7-11-24/h12-13H,2-11,14,22H2,1H3,(H,23,25). The van der Waals surface area contributed by atoms with Gasteiger partial charge in [-0.3, -0.25) is 4.79 Å². The van der Waals surface area contributed by atoms with Crippen molar-refractivity contribution < 1.29 is 9.53 Å². The zero-order valence-electron chi connectivity index (χ0n) is 15.7. The van der Waals surface area contributed by atoms with Gasteiger partial charge in [-0.05, 0) is 44.8 Å². The third kappa shape index (κ3) is 4.44. The lowest BCUT2D eigenvalue weighted by Gasteiger charge is -2.43. The van der Waals surface area contributed by atoms with Crippen molar-refractivity contribution in [3.05, 3.63) is 22.7 Å². The van der Waals surface area contributed by atoms with Gasteiger partial charge in [0.05, 0.1) is 28.9 Å². The van der Waals surface area contributed by atoms with Crippen molar-refractivity contribution in [2.45, 2.75) is 56.9 Å². The molecule has 3 N–H and O–H groups in total. The highest BCUT2D eigenvalue weighted by atomic mass is 35.5. The van der Waals surface area contributed by atoms with Gasteiger partial charge in [0, 0.05) is 12.6 Å². The molecule has 1 aromatic carbocycles. The van der Waals surface area contributed by atoms with Crippen molar-refractivity contribution in [3.8, 4) is 5.75 Å². The van der Waals surface area contributed by atoms with Crippen molar-refractivity contribution in [1.29, 1.82) is 0 Å². The number of amides is 1.